The zero-order valence-corrected chi connectivity index (χ0v) is 11.4. The van der Waals surface area contributed by atoms with Crippen LogP contribution in [0.25, 0.3) is 0 Å². The van der Waals surface area contributed by atoms with E-state index in [1.165, 1.54) is 25.8 Å². The number of pyridine rings is 1. The molecule has 3 heterocycles. The summed E-state index contributed by atoms with van der Waals surface area (Å²) >= 11 is 0. The standard InChI is InChI=1S/C15H21N3O/c1-11-5-6-12(10-16-11)15(19)17-13-7-9-18-8-3-2-4-14(13)18/h5-6,10,13-14H,2-4,7-9H2,1H3,(H,17,19)/t13-,14-/m1/s1. The molecule has 0 aliphatic carbocycles. The Morgan fingerprint density at radius 1 is 1.32 bits per heavy atom. The van der Waals surface area contributed by atoms with Crippen molar-refractivity contribution in [3.63, 3.8) is 0 Å². The van der Waals surface area contributed by atoms with Gasteiger partial charge in [-0.1, -0.05) is 6.42 Å². The van der Waals surface area contributed by atoms with Crippen molar-refractivity contribution in [2.45, 2.75) is 44.7 Å². The van der Waals surface area contributed by atoms with E-state index in [1.807, 2.05) is 19.1 Å². The van der Waals surface area contributed by atoms with Gasteiger partial charge in [0.1, 0.15) is 0 Å². The third kappa shape index (κ3) is 2.63. The highest BCUT2D eigenvalue weighted by Crippen LogP contribution is 2.27. The molecule has 1 N–H and O–H groups in total. The van der Waals surface area contributed by atoms with Crippen LogP contribution in [0.1, 0.15) is 41.7 Å². The van der Waals surface area contributed by atoms with E-state index in [1.54, 1.807) is 6.20 Å². The first-order valence-electron chi connectivity index (χ1n) is 7.21. The SMILES string of the molecule is Cc1ccc(C(=O)N[C@@H]2CCN3CCCC[C@H]23)cn1. The van der Waals surface area contributed by atoms with Crippen LogP contribution in [0, 0.1) is 6.92 Å². The Balaban J connectivity index is 1.65. The largest absolute Gasteiger partial charge is 0.348 e. The first-order chi connectivity index (χ1) is 9.24. The third-order valence-corrected chi connectivity index (χ3v) is 4.35. The molecule has 102 valence electrons. The fourth-order valence-electron chi connectivity index (χ4n) is 3.27. The van der Waals surface area contributed by atoms with E-state index < -0.39 is 0 Å². The smallest absolute Gasteiger partial charge is 0.253 e. The minimum Gasteiger partial charge on any atom is -0.348 e. The van der Waals surface area contributed by atoms with Gasteiger partial charge >= 0.3 is 0 Å². The number of nitrogens with zero attached hydrogens (tertiary/aromatic N) is 2. The fourth-order valence-corrected chi connectivity index (χ4v) is 3.27. The number of fused-ring (bicyclic) bond motifs is 1. The lowest BCUT2D eigenvalue weighted by atomic mass is 9.99. The van der Waals surface area contributed by atoms with Crippen LogP contribution in [0.15, 0.2) is 18.3 Å². The van der Waals surface area contributed by atoms with Gasteiger partial charge < -0.3 is 5.32 Å². The number of piperidine rings is 1. The summed E-state index contributed by atoms with van der Waals surface area (Å²) in [7, 11) is 0. The number of hydrogen-bond acceptors (Lipinski definition) is 3. The molecule has 2 aliphatic heterocycles. The van der Waals surface area contributed by atoms with Gasteiger partial charge in [0.2, 0.25) is 0 Å². The van der Waals surface area contributed by atoms with Gasteiger partial charge in [0.25, 0.3) is 5.91 Å². The van der Waals surface area contributed by atoms with Crippen LogP contribution in [0.5, 0.6) is 0 Å². The lowest BCUT2D eigenvalue weighted by molar-refractivity contribution is 0.0915. The summed E-state index contributed by atoms with van der Waals surface area (Å²) in [6.45, 7) is 4.25. The molecule has 2 fully saturated rings. The number of aryl methyl sites for hydroxylation is 1. The number of hydrogen-bond donors (Lipinski definition) is 1. The summed E-state index contributed by atoms with van der Waals surface area (Å²) < 4.78 is 0. The fraction of sp³-hybridized carbons (Fsp3) is 0.600. The monoisotopic (exact) mass is 259 g/mol. The van der Waals surface area contributed by atoms with Gasteiger partial charge in [-0.25, -0.2) is 0 Å². The van der Waals surface area contributed by atoms with E-state index >= 15 is 0 Å². The molecule has 2 atom stereocenters. The molecule has 2 saturated heterocycles. The number of aromatic nitrogens is 1. The van der Waals surface area contributed by atoms with Crippen molar-refractivity contribution in [2.24, 2.45) is 0 Å². The van der Waals surface area contributed by atoms with E-state index in [-0.39, 0.29) is 5.91 Å². The average Bonchev–Trinajstić information content (AvgIpc) is 2.83. The second-order valence-electron chi connectivity index (χ2n) is 5.66. The van der Waals surface area contributed by atoms with Gasteiger partial charge in [0.05, 0.1) is 5.56 Å². The number of nitrogens with one attached hydrogen (secondary N) is 1. The van der Waals surface area contributed by atoms with Crippen molar-refractivity contribution < 1.29 is 4.79 Å². The van der Waals surface area contributed by atoms with Gasteiger partial charge in [0, 0.05) is 30.5 Å². The van der Waals surface area contributed by atoms with Gasteiger partial charge in [-0.2, -0.15) is 0 Å². The molecule has 19 heavy (non-hydrogen) atoms. The summed E-state index contributed by atoms with van der Waals surface area (Å²) in [5.41, 5.74) is 1.61. The predicted molar refractivity (Wildman–Crippen MR) is 74.1 cm³/mol. The third-order valence-electron chi connectivity index (χ3n) is 4.35. The van der Waals surface area contributed by atoms with Gasteiger partial charge in [0.15, 0.2) is 0 Å². The van der Waals surface area contributed by atoms with E-state index in [2.05, 4.69) is 15.2 Å². The van der Waals surface area contributed by atoms with E-state index in [4.69, 9.17) is 0 Å². The zero-order valence-electron chi connectivity index (χ0n) is 11.4. The van der Waals surface area contributed by atoms with Gasteiger partial charge in [-0.15, -0.1) is 0 Å². The molecule has 3 rings (SSSR count). The Morgan fingerprint density at radius 3 is 3.00 bits per heavy atom. The quantitative estimate of drug-likeness (QED) is 0.880. The Labute approximate surface area is 114 Å². The van der Waals surface area contributed by atoms with Crippen molar-refractivity contribution in [1.29, 1.82) is 0 Å². The Morgan fingerprint density at radius 2 is 2.21 bits per heavy atom. The highest BCUT2D eigenvalue weighted by molar-refractivity contribution is 5.94. The summed E-state index contributed by atoms with van der Waals surface area (Å²) in [5, 5.41) is 3.19. The molecule has 0 radical (unpaired) electrons. The predicted octanol–water partition coefficient (Wildman–Crippen LogP) is 1.75. The van der Waals surface area contributed by atoms with Crippen molar-refractivity contribution in [3.05, 3.63) is 29.6 Å². The van der Waals surface area contributed by atoms with Crippen molar-refractivity contribution in [1.82, 2.24) is 15.2 Å². The van der Waals surface area contributed by atoms with Crippen LogP contribution in [-0.4, -0.2) is 41.0 Å². The highest BCUT2D eigenvalue weighted by Gasteiger charge is 2.36. The topological polar surface area (TPSA) is 45.2 Å². The maximum atomic E-state index is 12.2. The van der Waals surface area contributed by atoms with Crippen LogP contribution < -0.4 is 5.32 Å². The highest BCUT2D eigenvalue weighted by atomic mass is 16.1. The van der Waals surface area contributed by atoms with Crippen molar-refractivity contribution in [2.75, 3.05) is 13.1 Å². The minimum absolute atomic E-state index is 0.0184. The minimum atomic E-state index is 0.0184. The summed E-state index contributed by atoms with van der Waals surface area (Å²) in [6.07, 6.45) is 6.56. The molecule has 0 unspecified atom stereocenters. The Hall–Kier alpha value is -1.42. The normalized spacial score (nSPS) is 27.0. The lowest BCUT2D eigenvalue weighted by Crippen LogP contribution is -2.46. The molecule has 0 aromatic carbocycles. The maximum Gasteiger partial charge on any atom is 0.253 e. The lowest BCUT2D eigenvalue weighted by Gasteiger charge is -2.32. The molecule has 0 spiro atoms. The molecule has 1 aromatic rings. The van der Waals surface area contributed by atoms with Gasteiger partial charge in [-0.05, 0) is 44.9 Å². The molecule has 4 heteroatoms. The maximum absolute atomic E-state index is 12.2. The van der Waals surface area contributed by atoms with Crippen molar-refractivity contribution >= 4 is 5.91 Å². The van der Waals surface area contributed by atoms with Crippen LogP contribution in [0.3, 0.4) is 0 Å². The second kappa shape index (κ2) is 5.29. The number of carbonyl (C=O) groups excluding carboxylic acids is 1. The molecule has 2 aliphatic rings. The first kappa shape index (κ1) is 12.6. The van der Waals surface area contributed by atoms with E-state index in [0.717, 1.165) is 18.7 Å². The Bertz CT molecular complexity index is 457. The van der Waals surface area contributed by atoms with Gasteiger partial charge in [-0.3, -0.25) is 14.7 Å². The Kier molecular flexibility index (Phi) is 3.51. The summed E-state index contributed by atoms with van der Waals surface area (Å²) in [6, 6.07) is 4.60. The second-order valence-corrected chi connectivity index (χ2v) is 5.66. The number of rotatable bonds is 2. The molecule has 0 saturated carbocycles. The molecule has 1 amide bonds. The zero-order chi connectivity index (χ0) is 13.2. The molecular formula is C15H21N3O. The van der Waals surface area contributed by atoms with Crippen LogP contribution in [0.2, 0.25) is 0 Å². The average molecular weight is 259 g/mol. The molecule has 1 aromatic heterocycles. The van der Waals surface area contributed by atoms with Crippen molar-refractivity contribution in [3.8, 4) is 0 Å². The number of amides is 1. The number of carbonyl (C=O) groups is 1. The summed E-state index contributed by atoms with van der Waals surface area (Å²) in [5.74, 6) is 0.0184. The van der Waals surface area contributed by atoms with E-state index in [9.17, 15) is 4.79 Å². The molecule has 0 bridgehead atoms. The van der Waals surface area contributed by atoms with Crippen LogP contribution in [0.4, 0.5) is 0 Å². The molecular weight excluding hydrogens is 238 g/mol. The van der Waals surface area contributed by atoms with Crippen LogP contribution in [-0.2, 0) is 0 Å². The van der Waals surface area contributed by atoms with Crippen LogP contribution >= 0.6 is 0 Å². The summed E-state index contributed by atoms with van der Waals surface area (Å²) in [4.78, 5) is 18.9. The first-order valence-corrected chi connectivity index (χ1v) is 7.21. The molecule has 4 nitrogen and oxygen atoms in total. The van der Waals surface area contributed by atoms with E-state index in [0.29, 0.717) is 17.6 Å².